The topological polar surface area (TPSA) is 29.5 Å². The predicted molar refractivity (Wildman–Crippen MR) is 60.4 cm³/mol. The van der Waals surface area contributed by atoms with Crippen molar-refractivity contribution < 1.29 is 9.84 Å². The molecule has 0 rings (SSSR count). The van der Waals surface area contributed by atoms with E-state index in [-0.39, 0.29) is 12.2 Å². The van der Waals surface area contributed by atoms with Crippen molar-refractivity contribution in [2.75, 3.05) is 13.2 Å². The molecular formula is C12H26O2. The quantitative estimate of drug-likeness (QED) is 0.613. The first-order chi connectivity index (χ1) is 6.56. The summed E-state index contributed by atoms with van der Waals surface area (Å²) in [5, 5.41) is 8.76. The van der Waals surface area contributed by atoms with Gasteiger partial charge in [0.05, 0.1) is 18.8 Å². The first kappa shape index (κ1) is 13.9. The number of unbranched alkanes of at least 4 members (excludes halogenated alkanes) is 2. The van der Waals surface area contributed by atoms with Crippen LogP contribution >= 0.6 is 0 Å². The average Bonchev–Trinajstić information content (AvgIpc) is 2.15. The molecular weight excluding hydrogens is 176 g/mol. The summed E-state index contributed by atoms with van der Waals surface area (Å²) in [6.45, 7) is 9.31. The summed E-state index contributed by atoms with van der Waals surface area (Å²) in [6, 6.07) is 0. The summed E-state index contributed by atoms with van der Waals surface area (Å²) in [7, 11) is 0. The van der Waals surface area contributed by atoms with Crippen LogP contribution in [0.15, 0.2) is 0 Å². The van der Waals surface area contributed by atoms with E-state index in [1.165, 1.54) is 19.3 Å². The number of aliphatic hydroxyl groups excluding tert-OH is 1. The molecule has 0 aromatic heterocycles. The van der Waals surface area contributed by atoms with E-state index < -0.39 is 0 Å². The third-order valence-electron chi connectivity index (χ3n) is 3.02. The maximum Gasteiger partial charge on any atom is 0.0705 e. The Labute approximate surface area is 88.7 Å². The SMILES string of the molecule is CCCCCC(C)(OCCO)C(C)C. The summed E-state index contributed by atoms with van der Waals surface area (Å²) in [5.41, 5.74) is -0.0576. The molecule has 0 aliphatic heterocycles. The fourth-order valence-corrected chi connectivity index (χ4v) is 1.53. The van der Waals surface area contributed by atoms with Crippen LogP contribution < -0.4 is 0 Å². The minimum atomic E-state index is -0.0576. The minimum Gasteiger partial charge on any atom is -0.394 e. The number of rotatable bonds is 8. The van der Waals surface area contributed by atoms with E-state index in [4.69, 9.17) is 9.84 Å². The van der Waals surface area contributed by atoms with Crippen LogP contribution in [0.4, 0.5) is 0 Å². The van der Waals surface area contributed by atoms with Gasteiger partial charge in [0, 0.05) is 0 Å². The van der Waals surface area contributed by atoms with Crippen LogP contribution in [0.1, 0.15) is 53.4 Å². The van der Waals surface area contributed by atoms with Crippen molar-refractivity contribution in [1.82, 2.24) is 0 Å². The Balaban J connectivity index is 3.96. The number of hydrogen-bond donors (Lipinski definition) is 1. The summed E-state index contributed by atoms with van der Waals surface area (Å²) in [6.07, 6.45) is 4.83. The van der Waals surface area contributed by atoms with Crippen molar-refractivity contribution in [3.05, 3.63) is 0 Å². The minimum absolute atomic E-state index is 0.0576. The third-order valence-corrected chi connectivity index (χ3v) is 3.02. The van der Waals surface area contributed by atoms with Gasteiger partial charge in [-0.15, -0.1) is 0 Å². The van der Waals surface area contributed by atoms with Crippen LogP contribution in [0.2, 0.25) is 0 Å². The van der Waals surface area contributed by atoms with E-state index in [1.54, 1.807) is 0 Å². The highest BCUT2D eigenvalue weighted by molar-refractivity contribution is 4.78. The maximum atomic E-state index is 8.76. The van der Waals surface area contributed by atoms with Crippen molar-refractivity contribution in [2.24, 2.45) is 5.92 Å². The van der Waals surface area contributed by atoms with Crippen molar-refractivity contribution in [3.8, 4) is 0 Å². The van der Waals surface area contributed by atoms with Gasteiger partial charge in [0.15, 0.2) is 0 Å². The number of ether oxygens (including phenoxy) is 1. The summed E-state index contributed by atoms with van der Waals surface area (Å²) >= 11 is 0. The zero-order valence-corrected chi connectivity index (χ0v) is 10.2. The second-order valence-corrected chi connectivity index (χ2v) is 4.50. The zero-order valence-electron chi connectivity index (χ0n) is 10.2. The van der Waals surface area contributed by atoms with Gasteiger partial charge in [0.2, 0.25) is 0 Å². The van der Waals surface area contributed by atoms with Gasteiger partial charge >= 0.3 is 0 Å². The second-order valence-electron chi connectivity index (χ2n) is 4.50. The molecule has 0 aliphatic rings. The van der Waals surface area contributed by atoms with Gasteiger partial charge in [0.1, 0.15) is 0 Å². The average molecular weight is 202 g/mol. The lowest BCUT2D eigenvalue weighted by Crippen LogP contribution is -2.35. The Hall–Kier alpha value is -0.0800. The Morgan fingerprint density at radius 3 is 2.36 bits per heavy atom. The summed E-state index contributed by atoms with van der Waals surface area (Å²) < 4.78 is 5.74. The number of aliphatic hydroxyl groups is 1. The Kier molecular flexibility index (Phi) is 7.20. The molecule has 0 aromatic rings. The highest BCUT2D eigenvalue weighted by Gasteiger charge is 2.28. The van der Waals surface area contributed by atoms with Crippen molar-refractivity contribution in [1.29, 1.82) is 0 Å². The largest absolute Gasteiger partial charge is 0.394 e. The molecule has 0 bridgehead atoms. The third kappa shape index (κ3) is 4.97. The molecule has 0 amide bonds. The lowest BCUT2D eigenvalue weighted by molar-refractivity contribution is -0.0816. The van der Waals surface area contributed by atoms with E-state index in [2.05, 4.69) is 27.7 Å². The summed E-state index contributed by atoms with van der Waals surface area (Å²) in [4.78, 5) is 0. The highest BCUT2D eigenvalue weighted by Crippen LogP contribution is 2.27. The fourth-order valence-electron chi connectivity index (χ4n) is 1.53. The zero-order chi connectivity index (χ0) is 11.0. The maximum absolute atomic E-state index is 8.76. The van der Waals surface area contributed by atoms with E-state index in [0.717, 1.165) is 6.42 Å². The highest BCUT2D eigenvalue weighted by atomic mass is 16.5. The molecule has 0 aliphatic carbocycles. The van der Waals surface area contributed by atoms with Gasteiger partial charge in [0.25, 0.3) is 0 Å². The van der Waals surface area contributed by atoms with Gasteiger partial charge in [-0.3, -0.25) is 0 Å². The van der Waals surface area contributed by atoms with Crippen LogP contribution in [-0.2, 0) is 4.74 Å². The molecule has 2 heteroatoms. The van der Waals surface area contributed by atoms with Crippen LogP contribution in [0.25, 0.3) is 0 Å². The normalized spacial score (nSPS) is 15.9. The van der Waals surface area contributed by atoms with Crippen molar-refractivity contribution >= 4 is 0 Å². The molecule has 0 spiro atoms. The van der Waals surface area contributed by atoms with Gasteiger partial charge in [-0.1, -0.05) is 40.0 Å². The van der Waals surface area contributed by atoms with Crippen molar-refractivity contribution in [2.45, 2.75) is 59.0 Å². The van der Waals surface area contributed by atoms with Gasteiger partial charge in [-0.05, 0) is 19.3 Å². The van der Waals surface area contributed by atoms with Crippen molar-refractivity contribution in [3.63, 3.8) is 0 Å². The molecule has 0 aromatic carbocycles. The van der Waals surface area contributed by atoms with Crippen LogP contribution in [0.5, 0.6) is 0 Å². The molecule has 1 N–H and O–H groups in total. The standard InChI is InChI=1S/C12H26O2/c1-5-6-7-8-12(4,11(2)3)14-10-9-13/h11,13H,5-10H2,1-4H3. The van der Waals surface area contributed by atoms with E-state index >= 15 is 0 Å². The Morgan fingerprint density at radius 2 is 1.93 bits per heavy atom. The van der Waals surface area contributed by atoms with Crippen LogP contribution in [0.3, 0.4) is 0 Å². The molecule has 14 heavy (non-hydrogen) atoms. The molecule has 1 atom stereocenters. The molecule has 1 unspecified atom stereocenters. The lowest BCUT2D eigenvalue weighted by Gasteiger charge is -2.34. The molecule has 0 saturated heterocycles. The summed E-state index contributed by atoms with van der Waals surface area (Å²) in [5.74, 6) is 0.505. The monoisotopic (exact) mass is 202 g/mol. The smallest absolute Gasteiger partial charge is 0.0705 e. The molecule has 2 nitrogen and oxygen atoms in total. The van der Waals surface area contributed by atoms with Gasteiger partial charge in [-0.2, -0.15) is 0 Å². The molecule has 0 radical (unpaired) electrons. The Morgan fingerprint density at radius 1 is 1.29 bits per heavy atom. The van der Waals surface area contributed by atoms with Gasteiger partial charge in [-0.25, -0.2) is 0 Å². The Bertz CT molecular complexity index is 134. The molecule has 86 valence electrons. The number of hydrogen-bond acceptors (Lipinski definition) is 2. The molecule has 0 saturated carbocycles. The predicted octanol–water partition coefficient (Wildman–Crippen LogP) is 2.99. The first-order valence-corrected chi connectivity index (χ1v) is 5.81. The van der Waals surface area contributed by atoms with E-state index in [0.29, 0.717) is 12.5 Å². The lowest BCUT2D eigenvalue weighted by atomic mass is 9.87. The fraction of sp³-hybridized carbons (Fsp3) is 1.00. The molecule has 0 heterocycles. The molecule has 0 fully saturated rings. The first-order valence-electron chi connectivity index (χ1n) is 5.81. The van der Waals surface area contributed by atoms with Crippen LogP contribution in [-0.4, -0.2) is 23.9 Å². The van der Waals surface area contributed by atoms with Gasteiger partial charge < -0.3 is 9.84 Å². The van der Waals surface area contributed by atoms with E-state index in [1.807, 2.05) is 0 Å². The second kappa shape index (κ2) is 7.24. The van der Waals surface area contributed by atoms with Crippen LogP contribution in [0, 0.1) is 5.92 Å². The van der Waals surface area contributed by atoms with E-state index in [9.17, 15) is 0 Å².